The second-order valence-corrected chi connectivity index (χ2v) is 6.95. The summed E-state index contributed by atoms with van der Waals surface area (Å²) in [5, 5.41) is 2.97. The van der Waals surface area contributed by atoms with Crippen LogP contribution in [0.25, 0.3) is 0 Å². The first-order valence-electron chi connectivity index (χ1n) is 9.67. The van der Waals surface area contributed by atoms with Gasteiger partial charge in [-0.25, -0.2) is 9.97 Å². The SMILES string of the molecule is COc1ccc(CCNC(=O)c2cc(C)nc(N3CCCCCC3)n2)cc1. The number of nitrogens with zero attached hydrogens (tertiary/aromatic N) is 3. The van der Waals surface area contributed by atoms with Crippen molar-refractivity contribution in [1.82, 2.24) is 15.3 Å². The van der Waals surface area contributed by atoms with Crippen molar-refractivity contribution in [2.75, 3.05) is 31.6 Å². The number of aryl methyl sites for hydroxylation is 1. The fourth-order valence-corrected chi connectivity index (χ4v) is 3.28. The van der Waals surface area contributed by atoms with Crippen molar-refractivity contribution < 1.29 is 9.53 Å². The number of nitrogens with one attached hydrogen (secondary N) is 1. The molecule has 0 radical (unpaired) electrons. The summed E-state index contributed by atoms with van der Waals surface area (Å²) in [6.45, 7) is 4.40. The summed E-state index contributed by atoms with van der Waals surface area (Å²) in [5.41, 5.74) is 2.42. The van der Waals surface area contributed by atoms with E-state index in [0.717, 1.165) is 49.4 Å². The Morgan fingerprint density at radius 1 is 1.11 bits per heavy atom. The molecule has 0 aliphatic carbocycles. The molecule has 0 spiro atoms. The quantitative estimate of drug-likeness (QED) is 0.848. The van der Waals surface area contributed by atoms with E-state index >= 15 is 0 Å². The van der Waals surface area contributed by atoms with Gasteiger partial charge in [0.15, 0.2) is 0 Å². The van der Waals surface area contributed by atoms with Gasteiger partial charge in [-0.2, -0.15) is 0 Å². The van der Waals surface area contributed by atoms with Crippen LogP contribution in [0.5, 0.6) is 5.75 Å². The zero-order chi connectivity index (χ0) is 19.1. The van der Waals surface area contributed by atoms with Crippen molar-refractivity contribution in [3.8, 4) is 5.75 Å². The highest BCUT2D eigenvalue weighted by Gasteiger charge is 2.16. The standard InChI is InChI=1S/C21H28N4O2/c1-16-15-19(24-21(23-16)25-13-5-3-4-6-14-25)20(26)22-12-11-17-7-9-18(27-2)10-8-17/h7-10,15H,3-6,11-14H2,1-2H3,(H,22,26). The average molecular weight is 368 g/mol. The fourth-order valence-electron chi connectivity index (χ4n) is 3.28. The van der Waals surface area contributed by atoms with E-state index in [0.29, 0.717) is 18.2 Å². The molecule has 1 amide bonds. The Hall–Kier alpha value is -2.63. The molecule has 1 aromatic carbocycles. The molecule has 0 unspecified atom stereocenters. The van der Waals surface area contributed by atoms with Gasteiger partial charge < -0.3 is 15.0 Å². The molecule has 1 aliphatic rings. The smallest absolute Gasteiger partial charge is 0.270 e. The molecule has 1 N–H and O–H groups in total. The second-order valence-electron chi connectivity index (χ2n) is 6.95. The average Bonchev–Trinajstić information content (AvgIpc) is 2.97. The lowest BCUT2D eigenvalue weighted by Gasteiger charge is -2.21. The van der Waals surface area contributed by atoms with Crippen molar-refractivity contribution in [1.29, 1.82) is 0 Å². The van der Waals surface area contributed by atoms with Crippen LogP contribution in [0.1, 0.15) is 47.4 Å². The second kappa shape index (κ2) is 9.35. The largest absolute Gasteiger partial charge is 0.497 e. The first-order valence-corrected chi connectivity index (χ1v) is 9.67. The maximum absolute atomic E-state index is 12.6. The number of amides is 1. The van der Waals surface area contributed by atoms with Crippen LogP contribution in [0.2, 0.25) is 0 Å². The number of hydrogen-bond acceptors (Lipinski definition) is 5. The molecule has 0 saturated carbocycles. The highest BCUT2D eigenvalue weighted by molar-refractivity contribution is 5.92. The van der Waals surface area contributed by atoms with Crippen molar-refractivity contribution in [2.24, 2.45) is 0 Å². The third kappa shape index (κ3) is 5.42. The van der Waals surface area contributed by atoms with Crippen LogP contribution in [-0.2, 0) is 6.42 Å². The van der Waals surface area contributed by atoms with E-state index in [-0.39, 0.29) is 5.91 Å². The Labute approximate surface area is 161 Å². The van der Waals surface area contributed by atoms with Crippen LogP contribution in [0.15, 0.2) is 30.3 Å². The minimum Gasteiger partial charge on any atom is -0.497 e. The Morgan fingerprint density at radius 2 is 1.81 bits per heavy atom. The third-order valence-corrected chi connectivity index (χ3v) is 4.82. The van der Waals surface area contributed by atoms with Gasteiger partial charge >= 0.3 is 0 Å². The van der Waals surface area contributed by atoms with Gasteiger partial charge in [-0.1, -0.05) is 25.0 Å². The highest BCUT2D eigenvalue weighted by atomic mass is 16.5. The number of carbonyl (C=O) groups is 1. The van der Waals surface area contributed by atoms with Crippen molar-refractivity contribution >= 4 is 11.9 Å². The molecule has 1 aromatic heterocycles. The van der Waals surface area contributed by atoms with Crippen LogP contribution < -0.4 is 15.0 Å². The normalized spacial score (nSPS) is 14.5. The molecular weight excluding hydrogens is 340 g/mol. The number of rotatable bonds is 6. The van der Waals surface area contributed by atoms with Crippen molar-refractivity contribution in [3.05, 3.63) is 47.3 Å². The first-order chi connectivity index (χ1) is 13.2. The maximum Gasteiger partial charge on any atom is 0.270 e. The van der Waals surface area contributed by atoms with Crippen molar-refractivity contribution in [3.63, 3.8) is 0 Å². The fraction of sp³-hybridized carbons (Fsp3) is 0.476. The van der Waals surface area contributed by atoms with E-state index in [1.54, 1.807) is 13.2 Å². The van der Waals surface area contributed by atoms with Gasteiger partial charge in [0.1, 0.15) is 11.4 Å². The number of anilines is 1. The minimum atomic E-state index is -0.148. The zero-order valence-electron chi connectivity index (χ0n) is 16.2. The van der Waals surface area contributed by atoms with E-state index in [1.165, 1.54) is 12.8 Å². The van der Waals surface area contributed by atoms with Crippen LogP contribution in [-0.4, -0.2) is 42.6 Å². The lowest BCUT2D eigenvalue weighted by atomic mass is 10.1. The lowest BCUT2D eigenvalue weighted by molar-refractivity contribution is 0.0949. The van der Waals surface area contributed by atoms with E-state index in [9.17, 15) is 4.79 Å². The molecule has 0 bridgehead atoms. The topological polar surface area (TPSA) is 67.3 Å². The summed E-state index contributed by atoms with van der Waals surface area (Å²) in [4.78, 5) is 23.8. The highest BCUT2D eigenvalue weighted by Crippen LogP contribution is 2.17. The Bertz CT molecular complexity index is 753. The predicted molar refractivity (Wildman–Crippen MR) is 106 cm³/mol. The van der Waals surface area contributed by atoms with Crippen molar-refractivity contribution in [2.45, 2.75) is 39.0 Å². The monoisotopic (exact) mass is 368 g/mol. The maximum atomic E-state index is 12.6. The molecule has 27 heavy (non-hydrogen) atoms. The first kappa shape index (κ1) is 19.1. The molecule has 3 rings (SSSR count). The Morgan fingerprint density at radius 3 is 2.48 bits per heavy atom. The molecule has 2 aromatic rings. The number of carbonyl (C=O) groups excluding carboxylic acids is 1. The molecule has 1 fully saturated rings. The molecule has 6 heteroatoms. The molecule has 6 nitrogen and oxygen atoms in total. The number of methoxy groups -OCH3 is 1. The molecule has 0 atom stereocenters. The van der Waals surface area contributed by atoms with Gasteiger partial charge in [-0.05, 0) is 49.9 Å². The number of aromatic nitrogens is 2. The van der Waals surface area contributed by atoms with E-state index in [1.807, 2.05) is 31.2 Å². The van der Waals surface area contributed by atoms with Crippen LogP contribution in [0, 0.1) is 6.92 Å². The van der Waals surface area contributed by atoms with E-state index < -0.39 is 0 Å². The third-order valence-electron chi connectivity index (χ3n) is 4.82. The minimum absolute atomic E-state index is 0.148. The van der Waals surface area contributed by atoms with Gasteiger partial charge in [-0.15, -0.1) is 0 Å². The van der Waals surface area contributed by atoms with Gasteiger partial charge in [-0.3, -0.25) is 4.79 Å². The number of benzene rings is 1. The van der Waals surface area contributed by atoms with Gasteiger partial charge in [0, 0.05) is 25.3 Å². The van der Waals surface area contributed by atoms with Crippen LogP contribution >= 0.6 is 0 Å². The predicted octanol–water partition coefficient (Wildman–Crippen LogP) is 3.15. The number of hydrogen-bond donors (Lipinski definition) is 1. The molecular formula is C21H28N4O2. The summed E-state index contributed by atoms with van der Waals surface area (Å²) in [5.74, 6) is 1.36. The molecule has 1 aliphatic heterocycles. The van der Waals surface area contributed by atoms with E-state index in [2.05, 4.69) is 20.2 Å². The molecule has 1 saturated heterocycles. The van der Waals surface area contributed by atoms with Gasteiger partial charge in [0.25, 0.3) is 5.91 Å². The Balaban J connectivity index is 1.60. The van der Waals surface area contributed by atoms with Gasteiger partial charge in [0.2, 0.25) is 5.95 Å². The van der Waals surface area contributed by atoms with Gasteiger partial charge in [0.05, 0.1) is 7.11 Å². The summed E-state index contributed by atoms with van der Waals surface area (Å²) in [7, 11) is 1.65. The summed E-state index contributed by atoms with van der Waals surface area (Å²) < 4.78 is 5.16. The molecule has 2 heterocycles. The zero-order valence-corrected chi connectivity index (χ0v) is 16.2. The van der Waals surface area contributed by atoms with Crippen LogP contribution in [0.3, 0.4) is 0 Å². The summed E-state index contributed by atoms with van der Waals surface area (Å²) in [6.07, 6.45) is 5.57. The lowest BCUT2D eigenvalue weighted by Crippen LogP contribution is -2.30. The molecule has 144 valence electrons. The van der Waals surface area contributed by atoms with Crippen LogP contribution in [0.4, 0.5) is 5.95 Å². The summed E-state index contributed by atoms with van der Waals surface area (Å²) in [6, 6.07) is 9.63. The number of ether oxygens (including phenoxy) is 1. The van der Waals surface area contributed by atoms with E-state index in [4.69, 9.17) is 4.74 Å². The Kier molecular flexibility index (Phi) is 6.63. The summed E-state index contributed by atoms with van der Waals surface area (Å²) >= 11 is 0.